The Hall–Kier alpha value is -2.24. The van der Waals surface area contributed by atoms with Crippen LogP contribution in [0.5, 0.6) is 5.75 Å². The van der Waals surface area contributed by atoms with Crippen molar-refractivity contribution in [3.8, 4) is 5.75 Å². The third kappa shape index (κ3) is 3.87. The van der Waals surface area contributed by atoms with Crippen LogP contribution in [0.4, 0.5) is 5.69 Å². The van der Waals surface area contributed by atoms with Crippen molar-refractivity contribution in [2.24, 2.45) is 0 Å². The van der Waals surface area contributed by atoms with E-state index in [0.29, 0.717) is 17.0 Å². The van der Waals surface area contributed by atoms with Crippen molar-refractivity contribution in [1.29, 1.82) is 0 Å². The summed E-state index contributed by atoms with van der Waals surface area (Å²) in [4.78, 5) is 24.8. The van der Waals surface area contributed by atoms with Crippen LogP contribution in [-0.4, -0.2) is 44.5 Å². The number of carbonyl (C=O) groups excluding carboxylic acids is 2. The summed E-state index contributed by atoms with van der Waals surface area (Å²) < 4.78 is 5.10. The van der Waals surface area contributed by atoms with Gasteiger partial charge in [0, 0.05) is 27.1 Å². The van der Waals surface area contributed by atoms with Gasteiger partial charge in [0.25, 0.3) is 5.91 Å². The number of para-hydroxylation sites is 1. The highest BCUT2D eigenvalue weighted by Gasteiger charge is 2.14. The van der Waals surface area contributed by atoms with Crippen LogP contribution in [0.1, 0.15) is 16.8 Å². The number of hydrogen-bond donors (Lipinski definition) is 2. The summed E-state index contributed by atoms with van der Waals surface area (Å²) in [6, 6.07) is 4.96. The molecule has 6 nitrogen and oxygen atoms in total. The van der Waals surface area contributed by atoms with E-state index in [2.05, 4.69) is 5.32 Å². The molecule has 0 fully saturated rings. The summed E-state index contributed by atoms with van der Waals surface area (Å²) in [6.45, 7) is 0.272. The Bertz CT molecular complexity index is 472. The normalized spacial score (nSPS) is 9.84. The van der Waals surface area contributed by atoms with Crippen molar-refractivity contribution in [3.05, 3.63) is 23.8 Å². The van der Waals surface area contributed by atoms with Crippen LogP contribution in [-0.2, 0) is 4.79 Å². The van der Waals surface area contributed by atoms with Crippen molar-refractivity contribution < 1.29 is 14.3 Å². The molecule has 0 aliphatic heterocycles. The molecular formula is C13H19N3O3. The molecule has 3 N–H and O–H groups in total. The van der Waals surface area contributed by atoms with Gasteiger partial charge in [-0.25, -0.2) is 0 Å². The van der Waals surface area contributed by atoms with Crippen LogP contribution >= 0.6 is 0 Å². The third-order valence-corrected chi connectivity index (χ3v) is 2.62. The first-order chi connectivity index (χ1) is 8.97. The predicted octanol–water partition coefficient (Wildman–Crippen LogP) is 0.486. The maximum Gasteiger partial charge on any atom is 0.255 e. The Kier molecular flexibility index (Phi) is 5.17. The smallest absolute Gasteiger partial charge is 0.255 e. The number of methoxy groups -OCH3 is 1. The molecule has 0 aliphatic carbocycles. The number of anilines is 1. The van der Waals surface area contributed by atoms with E-state index in [1.807, 2.05) is 0 Å². The Morgan fingerprint density at radius 3 is 2.63 bits per heavy atom. The molecule has 0 heterocycles. The highest BCUT2D eigenvalue weighted by atomic mass is 16.5. The molecule has 6 heteroatoms. The van der Waals surface area contributed by atoms with Gasteiger partial charge in [-0.1, -0.05) is 6.07 Å². The lowest BCUT2D eigenvalue weighted by molar-refractivity contribution is -0.128. The summed E-state index contributed by atoms with van der Waals surface area (Å²) in [5.74, 6) is -0.00511. The largest absolute Gasteiger partial charge is 0.494 e. The van der Waals surface area contributed by atoms with Crippen molar-refractivity contribution in [3.63, 3.8) is 0 Å². The molecule has 104 valence electrons. The standard InChI is InChI=1S/C13H19N3O3/c1-16(2)11(17)7-8-15-13(18)9-5-4-6-10(14)12(9)19-3/h4-6H,7-8,14H2,1-3H3,(H,15,18). The number of amides is 2. The second-order valence-electron chi connectivity index (χ2n) is 4.22. The summed E-state index contributed by atoms with van der Waals surface area (Å²) in [7, 11) is 4.80. The number of nitrogens with one attached hydrogen (secondary N) is 1. The molecule has 0 aliphatic rings. The number of benzene rings is 1. The quantitative estimate of drug-likeness (QED) is 0.759. The summed E-state index contributed by atoms with van der Waals surface area (Å²) in [6.07, 6.45) is 0.253. The third-order valence-electron chi connectivity index (χ3n) is 2.62. The lowest BCUT2D eigenvalue weighted by Gasteiger charge is -2.12. The maximum atomic E-state index is 12.0. The molecule has 19 heavy (non-hydrogen) atoms. The number of ether oxygens (including phenoxy) is 1. The van der Waals surface area contributed by atoms with E-state index in [9.17, 15) is 9.59 Å². The van der Waals surface area contributed by atoms with E-state index < -0.39 is 0 Å². The van der Waals surface area contributed by atoms with Gasteiger partial charge in [0.1, 0.15) is 0 Å². The first-order valence-corrected chi connectivity index (χ1v) is 5.88. The Morgan fingerprint density at radius 2 is 2.05 bits per heavy atom. The average Bonchev–Trinajstić information content (AvgIpc) is 2.37. The highest BCUT2D eigenvalue weighted by Crippen LogP contribution is 2.25. The van der Waals surface area contributed by atoms with Gasteiger partial charge in [0.2, 0.25) is 5.91 Å². The molecule has 2 amide bonds. The molecule has 1 aromatic rings. The van der Waals surface area contributed by atoms with Gasteiger partial charge in [-0.2, -0.15) is 0 Å². The van der Waals surface area contributed by atoms with Crippen molar-refractivity contribution in [2.75, 3.05) is 33.5 Å². The van der Waals surface area contributed by atoms with E-state index in [-0.39, 0.29) is 24.8 Å². The average molecular weight is 265 g/mol. The van der Waals surface area contributed by atoms with E-state index in [1.54, 1.807) is 32.3 Å². The Morgan fingerprint density at radius 1 is 1.37 bits per heavy atom. The number of rotatable bonds is 5. The number of hydrogen-bond acceptors (Lipinski definition) is 4. The monoisotopic (exact) mass is 265 g/mol. The van der Waals surface area contributed by atoms with Gasteiger partial charge < -0.3 is 20.7 Å². The minimum absolute atomic E-state index is 0.0418. The zero-order valence-electron chi connectivity index (χ0n) is 11.4. The summed E-state index contributed by atoms with van der Waals surface area (Å²) in [5, 5.41) is 2.66. The van der Waals surface area contributed by atoms with Crippen molar-refractivity contribution in [2.45, 2.75) is 6.42 Å². The highest BCUT2D eigenvalue weighted by molar-refractivity contribution is 5.98. The van der Waals surface area contributed by atoms with E-state index in [0.717, 1.165) is 0 Å². The molecule has 0 atom stereocenters. The van der Waals surface area contributed by atoms with Gasteiger partial charge in [-0.3, -0.25) is 9.59 Å². The lowest BCUT2D eigenvalue weighted by Crippen LogP contribution is -2.30. The zero-order chi connectivity index (χ0) is 14.4. The van der Waals surface area contributed by atoms with Crippen LogP contribution < -0.4 is 15.8 Å². The van der Waals surface area contributed by atoms with Crippen LogP contribution in [0.15, 0.2) is 18.2 Å². The first-order valence-electron chi connectivity index (χ1n) is 5.88. The van der Waals surface area contributed by atoms with E-state index in [4.69, 9.17) is 10.5 Å². The van der Waals surface area contributed by atoms with Gasteiger partial charge >= 0.3 is 0 Å². The fourth-order valence-corrected chi connectivity index (χ4v) is 1.56. The van der Waals surface area contributed by atoms with Crippen molar-refractivity contribution >= 4 is 17.5 Å². The molecule has 0 aromatic heterocycles. The molecule has 0 radical (unpaired) electrons. The predicted molar refractivity (Wildman–Crippen MR) is 73.1 cm³/mol. The molecule has 0 spiro atoms. The molecule has 0 saturated heterocycles. The number of carbonyl (C=O) groups is 2. The Balaban J connectivity index is 2.64. The second kappa shape index (κ2) is 6.63. The topological polar surface area (TPSA) is 84.7 Å². The maximum absolute atomic E-state index is 12.0. The summed E-state index contributed by atoms with van der Waals surface area (Å²) >= 11 is 0. The lowest BCUT2D eigenvalue weighted by atomic mass is 10.1. The number of nitrogens with zero attached hydrogens (tertiary/aromatic N) is 1. The molecule has 1 rings (SSSR count). The second-order valence-corrected chi connectivity index (χ2v) is 4.22. The van der Waals surface area contributed by atoms with Gasteiger partial charge in [0.05, 0.1) is 18.4 Å². The summed E-state index contributed by atoms with van der Waals surface area (Å²) in [5.41, 5.74) is 6.48. The SMILES string of the molecule is COc1c(N)cccc1C(=O)NCCC(=O)N(C)C. The zero-order valence-corrected chi connectivity index (χ0v) is 11.4. The van der Waals surface area contributed by atoms with Gasteiger partial charge in [-0.05, 0) is 12.1 Å². The molecule has 0 bridgehead atoms. The Labute approximate surface area is 112 Å². The molecule has 1 aromatic carbocycles. The molecule has 0 saturated carbocycles. The number of nitrogen functional groups attached to an aromatic ring is 1. The van der Waals surface area contributed by atoms with Gasteiger partial charge in [0.15, 0.2) is 5.75 Å². The van der Waals surface area contributed by atoms with Crippen LogP contribution in [0.25, 0.3) is 0 Å². The molecule has 0 unspecified atom stereocenters. The van der Waals surface area contributed by atoms with Crippen LogP contribution in [0.3, 0.4) is 0 Å². The van der Waals surface area contributed by atoms with Crippen LogP contribution in [0, 0.1) is 0 Å². The minimum Gasteiger partial charge on any atom is -0.494 e. The number of nitrogens with two attached hydrogens (primary N) is 1. The van der Waals surface area contributed by atoms with Crippen LogP contribution in [0.2, 0.25) is 0 Å². The minimum atomic E-state index is -0.310. The van der Waals surface area contributed by atoms with E-state index >= 15 is 0 Å². The molecular weight excluding hydrogens is 246 g/mol. The van der Waals surface area contributed by atoms with E-state index in [1.165, 1.54) is 12.0 Å². The fraction of sp³-hybridized carbons (Fsp3) is 0.385. The van der Waals surface area contributed by atoms with Crippen molar-refractivity contribution in [1.82, 2.24) is 10.2 Å². The van der Waals surface area contributed by atoms with Gasteiger partial charge in [-0.15, -0.1) is 0 Å². The first kappa shape index (κ1) is 14.8. The fourth-order valence-electron chi connectivity index (χ4n) is 1.56.